The summed E-state index contributed by atoms with van der Waals surface area (Å²) < 4.78 is 2.79. The van der Waals surface area contributed by atoms with Crippen LogP contribution < -0.4 is 10.6 Å². The van der Waals surface area contributed by atoms with E-state index in [1.54, 1.807) is 4.57 Å². The van der Waals surface area contributed by atoms with Crippen LogP contribution in [0.3, 0.4) is 0 Å². The van der Waals surface area contributed by atoms with E-state index in [2.05, 4.69) is 36.9 Å². The first-order chi connectivity index (χ1) is 9.87. The molecule has 1 fully saturated rings. The van der Waals surface area contributed by atoms with E-state index in [4.69, 9.17) is 5.73 Å². The molecule has 122 valence electrons. The SMILES string of the molecule is Cl.Cn1c(=O)sc2cc(CN3CCC(N)C(C)(C)C3)ccc21. The van der Waals surface area contributed by atoms with Gasteiger partial charge in [-0.25, -0.2) is 0 Å². The van der Waals surface area contributed by atoms with Gasteiger partial charge in [0.1, 0.15) is 0 Å². The van der Waals surface area contributed by atoms with E-state index in [1.807, 2.05) is 7.05 Å². The summed E-state index contributed by atoms with van der Waals surface area (Å²) >= 11 is 1.32. The third-order valence-electron chi connectivity index (χ3n) is 4.65. The Kier molecular flexibility index (Phi) is 5.02. The van der Waals surface area contributed by atoms with Crippen molar-refractivity contribution in [3.05, 3.63) is 33.4 Å². The fraction of sp³-hybridized carbons (Fsp3) is 0.562. The molecule has 6 heteroatoms. The molecule has 0 spiro atoms. The number of rotatable bonds is 2. The van der Waals surface area contributed by atoms with Crippen LogP contribution in [0.4, 0.5) is 0 Å². The highest BCUT2D eigenvalue weighted by Crippen LogP contribution is 2.29. The number of aromatic nitrogens is 1. The van der Waals surface area contributed by atoms with Crippen LogP contribution in [0.2, 0.25) is 0 Å². The van der Waals surface area contributed by atoms with Crippen molar-refractivity contribution < 1.29 is 0 Å². The lowest BCUT2D eigenvalue weighted by atomic mass is 9.79. The highest BCUT2D eigenvalue weighted by Gasteiger charge is 2.33. The minimum atomic E-state index is 0. The summed E-state index contributed by atoms with van der Waals surface area (Å²) in [5.74, 6) is 0. The fourth-order valence-electron chi connectivity index (χ4n) is 3.15. The standard InChI is InChI=1S/C16H23N3OS.ClH/c1-16(2)10-19(7-6-14(16)17)9-11-4-5-12-13(8-11)21-15(20)18(12)3;/h4-5,8,14H,6-7,9-10,17H2,1-3H3;1H. The van der Waals surface area contributed by atoms with Gasteiger partial charge in [0.2, 0.25) is 0 Å². The summed E-state index contributed by atoms with van der Waals surface area (Å²) in [6.45, 7) is 7.50. The molecule has 0 amide bonds. The minimum Gasteiger partial charge on any atom is -0.327 e. The fourth-order valence-corrected chi connectivity index (χ4v) is 4.10. The first kappa shape index (κ1) is 17.5. The molecule has 1 atom stereocenters. The zero-order valence-corrected chi connectivity index (χ0v) is 15.0. The van der Waals surface area contributed by atoms with Gasteiger partial charge in [0.05, 0.1) is 10.2 Å². The first-order valence-electron chi connectivity index (χ1n) is 7.43. The molecule has 1 aliphatic rings. The summed E-state index contributed by atoms with van der Waals surface area (Å²) in [4.78, 5) is 14.3. The van der Waals surface area contributed by atoms with Crippen LogP contribution in [0, 0.1) is 5.41 Å². The normalized spacial score (nSPS) is 21.7. The molecule has 1 aromatic heterocycles. The molecular weight excluding hydrogens is 318 g/mol. The number of halogens is 1. The Bertz CT molecular complexity index is 722. The van der Waals surface area contributed by atoms with E-state index in [0.717, 1.165) is 36.3 Å². The molecule has 2 aromatic rings. The van der Waals surface area contributed by atoms with Crippen molar-refractivity contribution in [2.24, 2.45) is 18.2 Å². The average Bonchev–Trinajstić information content (AvgIpc) is 2.69. The predicted molar refractivity (Wildman–Crippen MR) is 96.0 cm³/mol. The molecule has 1 saturated heterocycles. The molecule has 0 aliphatic carbocycles. The molecule has 2 heterocycles. The molecule has 1 aliphatic heterocycles. The summed E-state index contributed by atoms with van der Waals surface area (Å²) in [6.07, 6.45) is 1.05. The smallest absolute Gasteiger partial charge is 0.307 e. The largest absolute Gasteiger partial charge is 0.327 e. The summed E-state index contributed by atoms with van der Waals surface area (Å²) in [5.41, 5.74) is 8.66. The van der Waals surface area contributed by atoms with Gasteiger partial charge in [-0.15, -0.1) is 12.4 Å². The second-order valence-corrected chi connectivity index (χ2v) is 7.82. The zero-order chi connectivity index (χ0) is 15.2. The Hall–Kier alpha value is -0.880. The van der Waals surface area contributed by atoms with Gasteiger partial charge >= 0.3 is 4.87 Å². The van der Waals surface area contributed by atoms with E-state index in [-0.39, 0.29) is 28.7 Å². The Morgan fingerprint density at radius 1 is 1.41 bits per heavy atom. The monoisotopic (exact) mass is 341 g/mol. The molecule has 1 aromatic carbocycles. The molecule has 4 nitrogen and oxygen atoms in total. The summed E-state index contributed by atoms with van der Waals surface area (Å²) in [5, 5.41) is 0. The van der Waals surface area contributed by atoms with Gasteiger partial charge in [-0.1, -0.05) is 31.3 Å². The minimum absolute atomic E-state index is 0. The number of fused-ring (bicyclic) bond motifs is 1. The maximum atomic E-state index is 11.7. The van der Waals surface area contributed by atoms with Gasteiger partial charge in [0, 0.05) is 32.7 Å². The van der Waals surface area contributed by atoms with E-state index >= 15 is 0 Å². The van der Waals surface area contributed by atoms with E-state index in [9.17, 15) is 4.79 Å². The Morgan fingerprint density at radius 3 is 2.82 bits per heavy atom. The molecule has 2 N–H and O–H groups in total. The van der Waals surface area contributed by atoms with E-state index in [0.29, 0.717) is 0 Å². The highest BCUT2D eigenvalue weighted by atomic mass is 35.5. The van der Waals surface area contributed by atoms with E-state index in [1.165, 1.54) is 16.9 Å². The third-order valence-corrected chi connectivity index (χ3v) is 5.65. The summed E-state index contributed by atoms with van der Waals surface area (Å²) in [6, 6.07) is 6.64. The van der Waals surface area contributed by atoms with Crippen LogP contribution in [0.15, 0.2) is 23.0 Å². The van der Waals surface area contributed by atoms with Gasteiger partial charge in [0.15, 0.2) is 0 Å². The number of likely N-dealkylation sites (tertiary alicyclic amines) is 1. The van der Waals surface area contributed by atoms with Crippen molar-refractivity contribution >= 4 is 34.0 Å². The van der Waals surface area contributed by atoms with Crippen molar-refractivity contribution in [1.29, 1.82) is 0 Å². The number of aryl methyl sites for hydroxylation is 1. The number of hydrogen-bond donors (Lipinski definition) is 1. The number of nitrogens with zero attached hydrogens (tertiary/aromatic N) is 2. The highest BCUT2D eigenvalue weighted by molar-refractivity contribution is 7.16. The van der Waals surface area contributed by atoms with Crippen LogP contribution >= 0.6 is 23.7 Å². The molecule has 0 bridgehead atoms. The van der Waals surface area contributed by atoms with Crippen LogP contribution in [-0.2, 0) is 13.6 Å². The molecule has 3 rings (SSSR count). The lowest BCUT2D eigenvalue weighted by Gasteiger charge is -2.42. The van der Waals surface area contributed by atoms with Crippen LogP contribution in [0.1, 0.15) is 25.8 Å². The number of benzene rings is 1. The van der Waals surface area contributed by atoms with Crippen molar-refractivity contribution in [1.82, 2.24) is 9.47 Å². The Balaban J connectivity index is 0.00000176. The number of hydrogen-bond acceptors (Lipinski definition) is 4. The van der Waals surface area contributed by atoms with E-state index < -0.39 is 0 Å². The van der Waals surface area contributed by atoms with Gasteiger partial charge < -0.3 is 10.3 Å². The maximum Gasteiger partial charge on any atom is 0.307 e. The molecular formula is C16H24ClN3OS. The van der Waals surface area contributed by atoms with Crippen molar-refractivity contribution in [2.45, 2.75) is 32.9 Å². The maximum absolute atomic E-state index is 11.7. The van der Waals surface area contributed by atoms with Gasteiger partial charge in [-0.2, -0.15) is 0 Å². The Labute approximate surface area is 141 Å². The van der Waals surface area contributed by atoms with Crippen molar-refractivity contribution in [3.8, 4) is 0 Å². The Morgan fingerprint density at radius 2 is 2.14 bits per heavy atom. The zero-order valence-electron chi connectivity index (χ0n) is 13.3. The quantitative estimate of drug-likeness (QED) is 0.913. The van der Waals surface area contributed by atoms with Crippen molar-refractivity contribution in [2.75, 3.05) is 13.1 Å². The molecule has 0 radical (unpaired) electrons. The number of nitrogens with two attached hydrogens (primary N) is 1. The lowest BCUT2D eigenvalue weighted by molar-refractivity contribution is 0.0899. The van der Waals surface area contributed by atoms with Crippen LogP contribution in [0.5, 0.6) is 0 Å². The van der Waals surface area contributed by atoms with Gasteiger partial charge in [-0.3, -0.25) is 9.69 Å². The molecule has 0 saturated carbocycles. The van der Waals surface area contributed by atoms with Gasteiger partial charge in [0.25, 0.3) is 0 Å². The topological polar surface area (TPSA) is 51.3 Å². The van der Waals surface area contributed by atoms with Crippen molar-refractivity contribution in [3.63, 3.8) is 0 Å². The van der Waals surface area contributed by atoms with Crippen LogP contribution in [-0.4, -0.2) is 28.6 Å². The lowest BCUT2D eigenvalue weighted by Crippen LogP contribution is -2.52. The first-order valence-corrected chi connectivity index (χ1v) is 8.25. The predicted octanol–water partition coefficient (Wildman–Crippen LogP) is 2.58. The second kappa shape index (κ2) is 6.32. The number of piperidine rings is 1. The number of thiazole rings is 1. The third kappa shape index (κ3) is 3.23. The summed E-state index contributed by atoms with van der Waals surface area (Å²) in [7, 11) is 1.83. The molecule has 1 unspecified atom stereocenters. The van der Waals surface area contributed by atoms with Crippen LogP contribution in [0.25, 0.3) is 10.2 Å². The van der Waals surface area contributed by atoms with Gasteiger partial charge in [-0.05, 0) is 29.5 Å². The average molecular weight is 342 g/mol. The molecule has 22 heavy (non-hydrogen) atoms. The second-order valence-electron chi connectivity index (χ2n) is 6.82.